The van der Waals surface area contributed by atoms with E-state index in [4.69, 9.17) is 42.1 Å². The first-order chi connectivity index (χ1) is 15.8. The van der Waals surface area contributed by atoms with Crippen LogP contribution in [-0.4, -0.2) is 59.8 Å². The minimum Gasteiger partial charge on any atom is -0.495 e. The van der Waals surface area contributed by atoms with Crippen LogP contribution in [0.15, 0.2) is 29.4 Å². The summed E-state index contributed by atoms with van der Waals surface area (Å²) < 4.78 is 22.7. The van der Waals surface area contributed by atoms with Gasteiger partial charge in [0.05, 0.1) is 49.4 Å². The number of thioether (sulfide) groups is 1. The molecule has 1 unspecified atom stereocenters. The van der Waals surface area contributed by atoms with Crippen LogP contribution in [0, 0.1) is 0 Å². The van der Waals surface area contributed by atoms with Crippen molar-refractivity contribution in [3.05, 3.63) is 34.3 Å². The number of halogens is 2. The quantitative estimate of drug-likeness (QED) is 0.422. The molecule has 2 aromatic carbocycles. The highest BCUT2D eigenvalue weighted by Gasteiger charge is 2.23. The van der Waals surface area contributed by atoms with Crippen LogP contribution in [0.2, 0.25) is 10.0 Å². The van der Waals surface area contributed by atoms with Gasteiger partial charge < -0.3 is 24.3 Å². The second kappa shape index (κ2) is 10.8. The first-order valence-corrected chi connectivity index (χ1v) is 11.1. The van der Waals surface area contributed by atoms with Crippen molar-refractivity contribution in [3.8, 4) is 28.7 Å². The molecule has 1 heterocycles. The SMILES string of the molecule is COc1cc(NC(=O)C(C)Sc2nnnn2-c2cc(OC)c(Cl)cc2OC)c(OC)cc1Cl. The Bertz CT molecular complexity index is 1160. The van der Waals surface area contributed by atoms with Crippen molar-refractivity contribution in [3.63, 3.8) is 0 Å². The lowest BCUT2D eigenvalue weighted by molar-refractivity contribution is -0.115. The molecule has 33 heavy (non-hydrogen) atoms. The lowest BCUT2D eigenvalue weighted by atomic mass is 10.2. The number of carbonyl (C=O) groups excluding carboxylic acids is 1. The molecular weight excluding hydrogens is 493 g/mol. The Morgan fingerprint density at radius 3 is 2.12 bits per heavy atom. The maximum absolute atomic E-state index is 12.9. The first-order valence-electron chi connectivity index (χ1n) is 9.42. The second-order valence-electron chi connectivity index (χ2n) is 6.47. The van der Waals surface area contributed by atoms with Crippen molar-refractivity contribution in [2.45, 2.75) is 17.3 Å². The van der Waals surface area contributed by atoms with E-state index in [1.165, 1.54) is 33.1 Å². The Morgan fingerprint density at radius 2 is 1.52 bits per heavy atom. The van der Waals surface area contributed by atoms with E-state index in [0.717, 1.165) is 11.8 Å². The number of nitrogens with zero attached hydrogens (tertiary/aromatic N) is 4. The molecule has 0 aliphatic carbocycles. The molecule has 0 aliphatic heterocycles. The van der Waals surface area contributed by atoms with E-state index >= 15 is 0 Å². The fraction of sp³-hybridized carbons (Fsp3) is 0.300. The number of amides is 1. The van der Waals surface area contributed by atoms with Crippen LogP contribution in [0.5, 0.6) is 23.0 Å². The van der Waals surface area contributed by atoms with Crippen molar-refractivity contribution in [1.82, 2.24) is 20.2 Å². The Morgan fingerprint density at radius 1 is 0.939 bits per heavy atom. The van der Waals surface area contributed by atoms with Gasteiger partial charge >= 0.3 is 0 Å². The average Bonchev–Trinajstić information content (AvgIpc) is 3.27. The average molecular weight is 514 g/mol. The van der Waals surface area contributed by atoms with Crippen LogP contribution in [0.4, 0.5) is 5.69 Å². The van der Waals surface area contributed by atoms with Gasteiger partial charge in [0.15, 0.2) is 0 Å². The third kappa shape index (κ3) is 5.37. The van der Waals surface area contributed by atoms with Gasteiger partial charge in [-0.3, -0.25) is 4.79 Å². The Kier molecular flexibility index (Phi) is 8.11. The van der Waals surface area contributed by atoms with Crippen LogP contribution in [0.1, 0.15) is 6.92 Å². The minimum absolute atomic E-state index is 0.308. The number of tetrazole rings is 1. The van der Waals surface area contributed by atoms with Crippen LogP contribution < -0.4 is 24.3 Å². The third-order valence-corrected chi connectivity index (χ3v) is 6.13. The van der Waals surface area contributed by atoms with Crippen molar-refractivity contribution in [1.29, 1.82) is 0 Å². The zero-order valence-corrected chi connectivity index (χ0v) is 20.7. The van der Waals surface area contributed by atoms with E-state index in [0.29, 0.717) is 49.6 Å². The summed E-state index contributed by atoms with van der Waals surface area (Å²) in [5.74, 6) is 1.35. The van der Waals surface area contributed by atoms with Gasteiger partial charge in [-0.15, -0.1) is 5.10 Å². The van der Waals surface area contributed by atoms with E-state index in [1.807, 2.05) is 0 Å². The molecule has 3 rings (SSSR count). The number of aromatic nitrogens is 4. The number of hydrogen-bond donors (Lipinski definition) is 1. The Labute approximate surface area is 204 Å². The fourth-order valence-corrected chi connectivity index (χ4v) is 4.08. The largest absolute Gasteiger partial charge is 0.495 e. The normalized spacial score (nSPS) is 11.6. The maximum Gasteiger partial charge on any atom is 0.237 e. The predicted octanol–water partition coefficient (Wildman–Crippen LogP) is 4.12. The van der Waals surface area contributed by atoms with Gasteiger partial charge in [0.1, 0.15) is 28.7 Å². The summed E-state index contributed by atoms with van der Waals surface area (Å²) in [5, 5.41) is 15.1. The Balaban J connectivity index is 1.84. The highest BCUT2D eigenvalue weighted by molar-refractivity contribution is 8.00. The van der Waals surface area contributed by atoms with Crippen molar-refractivity contribution in [2.24, 2.45) is 0 Å². The van der Waals surface area contributed by atoms with Crippen molar-refractivity contribution >= 4 is 46.6 Å². The number of anilines is 1. The standard InChI is InChI=1S/C20H21Cl2N5O5S/c1-10(19(28)23-13-8-15(29-2)11(21)6-17(13)31-4)33-20-24-25-26-27(20)14-9-16(30-3)12(22)7-18(14)32-5/h6-10H,1-5H3,(H,23,28). The maximum atomic E-state index is 12.9. The summed E-state index contributed by atoms with van der Waals surface area (Å²) in [5.41, 5.74) is 0.919. The zero-order valence-electron chi connectivity index (χ0n) is 18.4. The summed E-state index contributed by atoms with van der Waals surface area (Å²) in [6.45, 7) is 1.72. The van der Waals surface area contributed by atoms with E-state index in [1.54, 1.807) is 31.2 Å². The molecule has 0 fully saturated rings. The van der Waals surface area contributed by atoms with E-state index in [9.17, 15) is 4.79 Å². The van der Waals surface area contributed by atoms with Gasteiger partial charge in [0.25, 0.3) is 0 Å². The van der Waals surface area contributed by atoms with Gasteiger partial charge in [-0.2, -0.15) is 4.68 Å². The molecule has 13 heteroatoms. The number of ether oxygens (including phenoxy) is 4. The summed E-state index contributed by atoms with van der Waals surface area (Å²) >= 11 is 13.5. The molecule has 176 valence electrons. The van der Waals surface area contributed by atoms with E-state index < -0.39 is 5.25 Å². The highest BCUT2D eigenvalue weighted by atomic mass is 35.5. The molecule has 0 saturated carbocycles. The van der Waals surface area contributed by atoms with Crippen LogP contribution >= 0.6 is 35.0 Å². The van der Waals surface area contributed by atoms with Crippen LogP contribution in [0.3, 0.4) is 0 Å². The van der Waals surface area contributed by atoms with Crippen LogP contribution in [-0.2, 0) is 4.79 Å². The van der Waals surface area contributed by atoms with E-state index in [2.05, 4.69) is 20.8 Å². The van der Waals surface area contributed by atoms with Gasteiger partial charge in [0, 0.05) is 24.3 Å². The first kappa shape index (κ1) is 24.7. The number of benzene rings is 2. The topological polar surface area (TPSA) is 110 Å². The molecule has 0 aliphatic rings. The molecule has 1 aromatic heterocycles. The molecule has 0 spiro atoms. The number of hydrogen-bond acceptors (Lipinski definition) is 9. The summed E-state index contributed by atoms with van der Waals surface area (Å²) in [7, 11) is 5.97. The number of carbonyl (C=O) groups is 1. The molecule has 1 amide bonds. The summed E-state index contributed by atoms with van der Waals surface area (Å²) in [4.78, 5) is 12.9. The second-order valence-corrected chi connectivity index (χ2v) is 8.59. The molecule has 0 radical (unpaired) electrons. The van der Waals surface area contributed by atoms with Crippen molar-refractivity contribution < 1.29 is 23.7 Å². The van der Waals surface area contributed by atoms with Gasteiger partial charge in [-0.25, -0.2) is 0 Å². The zero-order chi connectivity index (χ0) is 24.1. The summed E-state index contributed by atoms with van der Waals surface area (Å²) in [6, 6.07) is 6.40. The lowest BCUT2D eigenvalue weighted by Crippen LogP contribution is -2.23. The molecule has 1 atom stereocenters. The number of rotatable bonds is 9. The number of nitrogens with one attached hydrogen (secondary N) is 1. The molecule has 1 N–H and O–H groups in total. The third-order valence-electron chi connectivity index (χ3n) is 4.51. The molecule has 0 saturated heterocycles. The number of methoxy groups -OCH3 is 4. The van der Waals surface area contributed by atoms with Crippen molar-refractivity contribution in [2.75, 3.05) is 33.8 Å². The molecular formula is C20H21Cl2N5O5S. The van der Waals surface area contributed by atoms with Gasteiger partial charge in [-0.05, 0) is 17.4 Å². The molecule has 0 bridgehead atoms. The highest BCUT2D eigenvalue weighted by Crippen LogP contribution is 2.38. The Hall–Kier alpha value is -2.89. The minimum atomic E-state index is -0.582. The van der Waals surface area contributed by atoms with Gasteiger partial charge in [0.2, 0.25) is 11.1 Å². The smallest absolute Gasteiger partial charge is 0.237 e. The summed E-state index contributed by atoms with van der Waals surface area (Å²) in [6.07, 6.45) is 0. The molecule has 10 nitrogen and oxygen atoms in total. The van der Waals surface area contributed by atoms with Crippen LogP contribution in [0.25, 0.3) is 5.69 Å². The lowest BCUT2D eigenvalue weighted by Gasteiger charge is -2.16. The predicted molar refractivity (Wildman–Crippen MR) is 126 cm³/mol. The van der Waals surface area contributed by atoms with E-state index in [-0.39, 0.29) is 5.91 Å². The van der Waals surface area contributed by atoms with Gasteiger partial charge in [-0.1, -0.05) is 35.0 Å². The fourth-order valence-electron chi connectivity index (χ4n) is 2.82. The molecule has 3 aromatic rings. The monoisotopic (exact) mass is 513 g/mol.